The van der Waals surface area contributed by atoms with Gasteiger partial charge in [0.25, 0.3) is 0 Å². The van der Waals surface area contributed by atoms with Crippen molar-refractivity contribution in [3.8, 4) is 11.4 Å². The van der Waals surface area contributed by atoms with Crippen molar-refractivity contribution in [2.24, 2.45) is 0 Å². The normalized spacial score (nSPS) is 11.2. The van der Waals surface area contributed by atoms with Gasteiger partial charge in [0, 0.05) is 0 Å². The first kappa shape index (κ1) is 16.5. The van der Waals surface area contributed by atoms with Gasteiger partial charge in [0.05, 0.1) is 0 Å². The molecule has 0 amide bonds. The molecule has 4 heteroatoms. The fourth-order valence-corrected chi connectivity index (χ4v) is 2.97. The zero-order valence-electron chi connectivity index (χ0n) is 14.3. The highest BCUT2D eigenvalue weighted by molar-refractivity contribution is 5.73. The van der Waals surface area contributed by atoms with Crippen molar-refractivity contribution in [1.29, 1.82) is 0 Å². The lowest BCUT2D eigenvalue weighted by Crippen LogP contribution is -1.99. The lowest BCUT2D eigenvalue weighted by Gasteiger charge is -2.06. The first-order valence-corrected chi connectivity index (χ1v) is 8.92. The van der Waals surface area contributed by atoms with Crippen molar-refractivity contribution in [3.63, 3.8) is 0 Å². The molecule has 0 fully saturated rings. The third-order valence-electron chi connectivity index (χ3n) is 4.36. The molecule has 0 radical (unpaired) electrons. The molecule has 0 saturated heterocycles. The quantitative estimate of drug-likeness (QED) is 0.592. The second-order valence-corrected chi connectivity index (χ2v) is 6.32. The molecular formula is C20H25N3O. The molecule has 0 unspecified atom stereocenters. The largest absolute Gasteiger partial charge is 0.506 e. The number of rotatable bonds is 8. The molecule has 3 aromatic rings. The highest BCUT2D eigenvalue weighted by Gasteiger charge is 2.09. The van der Waals surface area contributed by atoms with Crippen LogP contribution in [-0.4, -0.2) is 20.1 Å². The lowest BCUT2D eigenvalue weighted by atomic mass is 10.0. The average molecular weight is 323 g/mol. The van der Waals surface area contributed by atoms with E-state index in [1.807, 2.05) is 36.4 Å². The van der Waals surface area contributed by atoms with Gasteiger partial charge in [-0.15, -0.1) is 15.0 Å². The lowest BCUT2D eigenvalue weighted by molar-refractivity contribution is 0.466. The minimum Gasteiger partial charge on any atom is -0.506 e. The van der Waals surface area contributed by atoms with E-state index < -0.39 is 0 Å². The zero-order valence-corrected chi connectivity index (χ0v) is 14.3. The van der Waals surface area contributed by atoms with Crippen LogP contribution in [0.2, 0.25) is 0 Å². The Labute approximate surface area is 143 Å². The van der Waals surface area contributed by atoms with Gasteiger partial charge in [-0.3, -0.25) is 0 Å². The topological polar surface area (TPSA) is 50.9 Å². The molecule has 24 heavy (non-hydrogen) atoms. The molecule has 0 atom stereocenters. The number of nitrogens with zero attached hydrogens (tertiary/aromatic N) is 3. The highest BCUT2D eigenvalue weighted by Crippen LogP contribution is 2.24. The van der Waals surface area contributed by atoms with E-state index >= 15 is 0 Å². The van der Waals surface area contributed by atoms with Gasteiger partial charge in [0.1, 0.15) is 22.5 Å². The van der Waals surface area contributed by atoms with Gasteiger partial charge in [-0.25, -0.2) is 0 Å². The molecule has 0 bridgehead atoms. The number of aromatic hydroxyl groups is 1. The average Bonchev–Trinajstić information content (AvgIpc) is 3.02. The molecule has 2 aromatic carbocycles. The van der Waals surface area contributed by atoms with Gasteiger partial charge < -0.3 is 5.11 Å². The Bertz CT molecular complexity index is 761. The van der Waals surface area contributed by atoms with Crippen LogP contribution in [-0.2, 0) is 6.42 Å². The predicted octanol–water partition coefficient (Wildman–Crippen LogP) is 5.03. The van der Waals surface area contributed by atoms with Crippen LogP contribution in [0, 0.1) is 0 Å². The Kier molecular flexibility index (Phi) is 5.47. The highest BCUT2D eigenvalue weighted by atomic mass is 16.3. The van der Waals surface area contributed by atoms with Crippen LogP contribution >= 0.6 is 0 Å². The van der Waals surface area contributed by atoms with Crippen LogP contribution in [0.15, 0.2) is 42.5 Å². The van der Waals surface area contributed by atoms with Crippen LogP contribution in [0.4, 0.5) is 0 Å². The van der Waals surface area contributed by atoms with E-state index in [9.17, 15) is 5.11 Å². The molecule has 1 heterocycles. The number of phenolic OH excluding ortho intramolecular Hbond substituents is 1. The minimum atomic E-state index is 0.235. The molecule has 1 N–H and O–H groups in total. The first-order chi connectivity index (χ1) is 11.8. The monoisotopic (exact) mass is 323 g/mol. The van der Waals surface area contributed by atoms with Crippen LogP contribution in [0.25, 0.3) is 16.7 Å². The fourth-order valence-electron chi connectivity index (χ4n) is 2.97. The smallest absolute Gasteiger partial charge is 0.143 e. The van der Waals surface area contributed by atoms with Gasteiger partial charge in [0.15, 0.2) is 0 Å². The Morgan fingerprint density at radius 3 is 2.21 bits per heavy atom. The molecule has 0 saturated carbocycles. The maximum absolute atomic E-state index is 10.3. The number of hydrogen-bond donors (Lipinski definition) is 1. The summed E-state index contributed by atoms with van der Waals surface area (Å²) in [5, 5.41) is 19.2. The van der Waals surface area contributed by atoms with E-state index in [-0.39, 0.29) is 5.75 Å². The summed E-state index contributed by atoms with van der Waals surface area (Å²) in [5.41, 5.74) is 3.45. The van der Waals surface area contributed by atoms with Crippen molar-refractivity contribution >= 4 is 11.0 Å². The summed E-state index contributed by atoms with van der Waals surface area (Å²) in [5.74, 6) is 0.235. The molecule has 0 aliphatic carbocycles. The molecule has 0 aliphatic rings. The van der Waals surface area contributed by atoms with Gasteiger partial charge in [-0.05, 0) is 42.7 Å². The Hall–Kier alpha value is -2.36. The van der Waals surface area contributed by atoms with E-state index in [2.05, 4.69) is 23.2 Å². The molecule has 4 nitrogen and oxygen atoms in total. The van der Waals surface area contributed by atoms with E-state index in [1.165, 1.54) is 48.9 Å². The molecule has 3 rings (SSSR count). The number of unbranched alkanes of at least 4 members (excludes halogenated alkanes) is 5. The van der Waals surface area contributed by atoms with E-state index in [1.54, 1.807) is 0 Å². The third-order valence-corrected chi connectivity index (χ3v) is 4.36. The fraction of sp³-hybridized carbons (Fsp3) is 0.400. The van der Waals surface area contributed by atoms with Crippen molar-refractivity contribution in [2.45, 2.75) is 51.9 Å². The van der Waals surface area contributed by atoms with Crippen LogP contribution < -0.4 is 0 Å². The summed E-state index contributed by atoms with van der Waals surface area (Å²) < 4.78 is 0. The van der Waals surface area contributed by atoms with Gasteiger partial charge in [-0.2, -0.15) is 0 Å². The molecular weight excluding hydrogens is 298 g/mol. The summed E-state index contributed by atoms with van der Waals surface area (Å²) in [6.45, 7) is 2.24. The summed E-state index contributed by atoms with van der Waals surface area (Å²) >= 11 is 0. The van der Waals surface area contributed by atoms with Crippen LogP contribution in [0.1, 0.15) is 51.0 Å². The van der Waals surface area contributed by atoms with E-state index in [0.29, 0.717) is 5.69 Å². The maximum Gasteiger partial charge on any atom is 0.143 e. The summed E-state index contributed by atoms with van der Waals surface area (Å²) in [6.07, 6.45) is 8.70. The van der Waals surface area contributed by atoms with Crippen molar-refractivity contribution in [2.75, 3.05) is 0 Å². The number of aromatic nitrogens is 3. The summed E-state index contributed by atoms with van der Waals surface area (Å²) in [6, 6.07) is 13.5. The molecule has 0 spiro atoms. The zero-order chi connectivity index (χ0) is 16.8. The van der Waals surface area contributed by atoms with Gasteiger partial charge in [-0.1, -0.05) is 57.2 Å². The number of fused-ring (bicyclic) bond motifs is 1. The maximum atomic E-state index is 10.3. The second kappa shape index (κ2) is 7.95. The van der Waals surface area contributed by atoms with Crippen LogP contribution in [0.3, 0.4) is 0 Å². The molecule has 0 aliphatic heterocycles. The molecule has 1 aromatic heterocycles. The second-order valence-electron chi connectivity index (χ2n) is 6.32. The number of aryl methyl sites for hydroxylation is 1. The SMILES string of the molecule is CCCCCCCCc1ccc(-n2nc3ccccc3n2)c(O)c1. The van der Waals surface area contributed by atoms with Crippen molar-refractivity contribution in [1.82, 2.24) is 15.0 Å². The van der Waals surface area contributed by atoms with Crippen molar-refractivity contribution in [3.05, 3.63) is 48.0 Å². The Balaban J connectivity index is 1.64. The van der Waals surface area contributed by atoms with Crippen LogP contribution in [0.5, 0.6) is 5.75 Å². The number of phenols is 1. The summed E-state index contributed by atoms with van der Waals surface area (Å²) in [7, 11) is 0. The number of hydrogen-bond acceptors (Lipinski definition) is 3. The summed E-state index contributed by atoms with van der Waals surface area (Å²) in [4.78, 5) is 1.51. The third kappa shape index (κ3) is 3.94. The first-order valence-electron chi connectivity index (χ1n) is 8.92. The predicted molar refractivity (Wildman–Crippen MR) is 97.6 cm³/mol. The van der Waals surface area contributed by atoms with Gasteiger partial charge in [0.2, 0.25) is 0 Å². The number of benzene rings is 2. The van der Waals surface area contributed by atoms with Crippen molar-refractivity contribution < 1.29 is 5.11 Å². The van der Waals surface area contributed by atoms with Gasteiger partial charge >= 0.3 is 0 Å². The molecule has 126 valence electrons. The Morgan fingerprint density at radius 2 is 1.54 bits per heavy atom. The Morgan fingerprint density at radius 1 is 0.875 bits per heavy atom. The van der Waals surface area contributed by atoms with E-state index in [0.717, 1.165) is 17.5 Å². The standard InChI is InChI=1S/C20H25N3O/c1-2-3-4-5-6-7-10-16-13-14-19(20(24)15-16)23-21-17-11-8-9-12-18(17)22-23/h8-9,11-15,24H,2-7,10H2,1H3. The minimum absolute atomic E-state index is 0.235. The van der Waals surface area contributed by atoms with E-state index in [4.69, 9.17) is 0 Å².